The minimum Gasteiger partial charge on any atom is -0.394 e. The van der Waals surface area contributed by atoms with E-state index in [9.17, 15) is 22.4 Å². The molecule has 0 saturated heterocycles. The Bertz CT molecular complexity index is 566. The van der Waals surface area contributed by atoms with Crippen LogP contribution in [-0.2, 0) is 0 Å². The highest BCUT2D eigenvalue weighted by molar-refractivity contribution is 8.01. The van der Waals surface area contributed by atoms with Crippen LogP contribution in [0.15, 0.2) is 11.5 Å². The fourth-order valence-corrected chi connectivity index (χ4v) is 1.97. The van der Waals surface area contributed by atoms with Crippen molar-refractivity contribution in [2.45, 2.75) is 13.3 Å². The van der Waals surface area contributed by atoms with Gasteiger partial charge in [-0.25, -0.2) is 17.6 Å². The van der Waals surface area contributed by atoms with Crippen molar-refractivity contribution in [1.29, 1.82) is 0 Å². The van der Waals surface area contributed by atoms with Gasteiger partial charge >= 0.3 is 0 Å². The predicted molar refractivity (Wildman–Crippen MR) is 78.0 cm³/mol. The number of allylic oxidation sites excluding steroid dienone is 1. The Morgan fingerprint density at radius 2 is 1.68 bits per heavy atom. The second-order valence-corrected chi connectivity index (χ2v) is 5.54. The molecule has 22 heavy (non-hydrogen) atoms. The van der Waals surface area contributed by atoms with Crippen molar-refractivity contribution < 1.29 is 22.4 Å². The normalized spacial score (nSPS) is 10.6. The maximum absolute atomic E-state index is 13.5. The first kappa shape index (κ1) is 18.3. The third kappa shape index (κ3) is 4.38. The Hall–Kier alpha value is -1.74. The maximum atomic E-state index is 13.5. The Balaban J connectivity index is 2.65. The van der Waals surface area contributed by atoms with Gasteiger partial charge in [-0.15, -0.1) is 0 Å². The standard InChI is InChI=1S/C13H15F4N3OS/c1-6(2)22-20-5-3-4-19-13(21)7-8(14)10(16)12(18)11(17)9(7)15/h20H,1,3-5,18H2,2H3,(H,19,21). The van der Waals surface area contributed by atoms with E-state index in [-0.39, 0.29) is 6.54 Å². The second-order valence-electron chi connectivity index (χ2n) is 4.35. The Morgan fingerprint density at radius 3 is 2.18 bits per heavy atom. The molecule has 0 fully saturated rings. The van der Waals surface area contributed by atoms with Gasteiger partial charge in [0, 0.05) is 13.1 Å². The molecule has 1 rings (SSSR count). The Labute approximate surface area is 129 Å². The zero-order valence-corrected chi connectivity index (χ0v) is 12.6. The SMILES string of the molecule is C=C(C)SNCCCNC(=O)c1c(F)c(F)c(N)c(F)c1F. The lowest BCUT2D eigenvalue weighted by Crippen LogP contribution is -2.29. The fraction of sp³-hybridized carbons (Fsp3) is 0.308. The number of halogens is 4. The molecule has 0 saturated carbocycles. The highest BCUT2D eigenvalue weighted by Gasteiger charge is 2.27. The van der Waals surface area contributed by atoms with Gasteiger partial charge in [0.2, 0.25) is 0 Å². The number of rotatable bonds is 7. The van der Waals surface area contributed by atoms with Crippen LogP contribution in [0.1, 0.15) is 23.7 Å². The predicted octanol–water partition coefficient (Wildman–Crippen LogP) is 2.72. The minimum atomic E-state index is -1.81. The van der Waals surface area contributed by atoms with E-state index in [0.29, 0.717) is 13.0 Å². The molecule has 4 N–H and O–H groups in total. The van der Waals surface area contributed by atoms with E-state index in [4.69, 9.17) is 5.73 Å². The van der Waals surface area contributed by atoms with Crippen molar-refractivity contribution in [3.63, 3.8) is 0 Å². The molecule has 122 valence electrons. The van der Waals surface area contributed by atoms with Gasteiger partial charge in [0.1, 0.15) is 11.3 Å². The minimum absolute atomic E-state index is 0.0646. The number of nitrogens with one attached hydrogen (secondary N) is 2. The van der Waals surface area contributed by atoms with Crippen molar-refractivity contribution in [2.75, 3.05) is 18.8 Å². The molecule has 0 radical (unpaired) electrons. The van der Waals surface area contributed by atoms with Gasteiger partial charge in [-0.05, 0) is 18.2 Å². The van der Waals surface area contributed by atoms with Crippen molar-refractivity contribution in [3.8, 4) is 0 Å². The van der Waals surface area contributed by atoms with Gasteiger partial charge in [0.05, 0.1) is 0 Å². The summed E-state index contributed by atoms with van der Waals surface area (Å²) in [5.41, 5.74) is 2.23. The quantitative estimate of drug-likeness (QED) is 0.235. The molecule has 0 unspecified atom stereocenters. The lowest BCUT2D eigenvalue weighted by atomic mass is 10.1. The largest absolute Gasteiger partial charge is 0.394 e. The molecule has 9 heteroatoms. The number of anilines is 1. The highest BCUT2D eigenvalue weighted by atomic mass is 32.2. The van der Waals surface area contributed by atoms with Crippen molar-refractivity contribution in [1.82, 2.24) is 10.0 Å². The summed E-state index contributed by atoms with van der Waals surface area (Å²) < 4.78 is 56.5. The molecule has 0 bridgehead atoms. The second kappa shape index (κ2) is 8.04. The number of benzene rings is 1. The molecule has 0 aromatic heterocycles. The average Bonchev–Trinajstić information content (AvgIpc) is 2.46. The van der Waals surface area contributed by atoms with E-state index in [1.165, 1.54) is 11.9 Å². The Kier molecular flexibility index (Phi) is 6.69. The zero-order valence-electron chi connectivity index (χ0n) is 11.7. The average molecular weight is 337 g/mol. The number of amides is 1. The van der Waals surface area contributed by atoms with Crippen LogP contribution in [0, 0.1) is 23.3 Å². The van der Waals surface area contributed by atoms with Gasteiger partial charge < -0.3 is 11.1 Å². The van der Waals surface area contributed by atoms with Crippen LogP contribution in [0.3, 0.4) is 0 Å². The summed E-state index contributed by atoms with van der Waals surface area (Å²) in [5, 5.41) is 2.18. The molecule has 0 aliphatic rings. The molecule has 4 nitrogen and oxygen atoms in total. The summed E-state index contributed by atoms with van der Waals surface area (Å²) in [7, 11) is 0. The zero-order chi connectivity index (χ0) is 16.9. The molecule has 0 heterocycles. The summed E-state index contributed by atoms with van der Waals surface area (Å²) in [6.07, 6.45) is 0.440. The van der Waals surface area contributed by atoms with Crippen LogP contribution in [0.2, 0.25) is 0 Å². The third-order valence-electron chi connectivity index (χ3n) is 2.51. The van der Waals surface area contributed by atoms with E-state index >= 15 is 0 Å². The molecule has 1 amide bonds. The molecular formula is C13H15F4N3OS. The van der Waals surface area contributed by atoms with E-state index in [2.05, 4.69) is 16.6 Å². The van der Waals surface area contributed by atoms with Gasteiger partial charge in [0.25, 0.3) is 5.91 Å². The van der Waals surface area contributed by atoms with Crippen LogP contribution in [-0.4, -0.2) is 19.0 Å². The number of nitrogen functional groups attached to an aromatic ring is 1. The summed E-state index contributed by atoms with van der Waals surface area (Å²) >= 11 is 1.31. The van der Waals surface area contributed by atoms with E-state index in [1.54, 1.807) is 6.92 Å². The van der Waals surface area contributed by atoms with Crippen LogP contribution in [0.25, 0.3) is 0 Å². The fourth-order valence-electron chi connectivity index (χ4n) is 1.47. The number of nitrogens with two attached hydrogens (primary N) is 1. The monoisotopic (exact) mass is 337 g/mol. The molecular weight excluding hydrogens is 322 g/mol. The van der Waals surface area contributed by atoms with Crippen molar-refractivity contribution >= 4 is 23.5 Å². The molecule has 0 atom stereocenters. The lowest BCUT2D eigenvalue weighted by Gasteiger charge is -2.10. The van der Waals surface area contributed by atoms with Crippen molar-refractivity contribution in [3.05, 3.63) is 40.3 Å². The summed E-state index contributed by atoms with van der Waals surface area (Å²) in [4.78, 5) is 12.5. The first-order valence-corrected chi connectivity index (χ1v) is 7.03. The lowest BCUT2D eigenvalue weighted by molar-refractivity contribution is 0.0942. The van der Waals surface area contributed by atoms with Crippen LogP contribution in [0.4, 0.5) is 23.2 Å². The van der Waals surface area contributed by atoms with Crippen LogP contribution >= 0.6 is 11.9 Å². The summed E-state index contributed by atoms with van der Waals surface area (Å²) in [6.45, 7) is 6.01. The van der Waals surface area contributed by atoms with Crippen LogP contribution < -0.4 is 15.8 Å². The molecule has 1 aromatic rings. The van der Waals surface area contributed by atoms with E-state index in [0.717, 1.165) is 4.91 Å². The number of carbonyl (C=O) groups excluding carboxylic acids is 1. The van der Waals surface area contributed by atoms with E-state index < -0.39 is 40.4 Å². The van der Waals surface area contributed by atoms with Gasteiger partial charge in [-0.1, -0.05) is 18.5 Å². The van der Waals surface area contributed by atoms with Gasteiger partial charge in [-0.3, -0.25) is 9.52 Å². The van der Waals surface area contributed by atoms with Crippen molar-refractivity contribution in [2.24, 2.45) is 0 Å². The summed E-state index contributed by atoms with van der Waals surface area (Å²) in [6, 6.07) is 0. The summed E-state index contributed by atoms with van der Waals surface area (Å²) in [5.74, 6) is -8.46. The molecule has 0 aliphatic heterocycles. The number of hydrogen-bond acceptors (Lipinski definition) is 4. The maximum Gasteiger partial charge on any atom is 0.257 e. The number of hydrogen-bond donors (Lipinski definition) is 3. The smallest absolute Gasteiger partial charge is 0.257 e. The molecule has 0 spiro atoms. The van der Waals surface area contributed by atoms with Gasteiger partial charge in [0.15, 0.2) is 23.3 Å². The highest BCUT2D eigenvalue weighted by Crippen LogP contribution is 2.25. The molecule has 1 aromatic carbocycles. The van der Waals surface area contributed by atoms with E-state index in [1.807, 2.05) is 0 Å². The third-order valence-corrected chi connectivity index (χ3v) is 3.21. The Morgan fingerprint density at radius 1 is 1.14 bits per heavy atom. The van der Waals surface area contributed by atoms with Crippen LogP contribution in [0.5, 0.6) is 0 Å². The first-order valence-electron chi connectivity index (χ1n) is 6.22. The van der Waals surface area contributed by atoms with Gasteiger partial charge in [-0.2, -0.15) is 0 Å². The molecule has 0 aliphatic carbocycles. The number of carbonyl (C=O) groups is 1. The first-order chi connectivity index (χ1) is 10.3. The topological polar surface area (TPSA) is 67.1 Å².